The molecule has 1 amide bonds. The number of benzene rings is 1. The molecule has 0 saturated heterocycles. The van der Waals surface area contributed by atoms with E-state index in [0.717, 1.165) is 37.0 Å². The number of aliphatic hydroxyl groups excluding tert-OH is 1. The summed E-state index contributed by atoms with van der Waals surface area (Å²) in [5.74, 6) is 0.560. The maximum absolute atomic E-state index is 12.4. The minimum Gasteiger partial charge on any atom is -0.488 e. The predicted molar refractivity (Wildman–Crippen MR) is 81.4 cm³/mol. The van der Waals surface area contributed by atoms with Crippen LogP contribution in [0.4, 0.5) is 0 Å². The fraction of sp³-hybridized carbons (Fsp3) is 0.438. The molecule has 0 atom stereocenters. The Bertz CT molecular complexity index is 591. The standard InChI is InChI=1S/C16H18ClNO3/c17-13-3-4-14-11(8-13)7-12(9-21-14)15(20)18-16(10-19)5-1-2-6-16/h3-4,7-8,19H,1-2,5-6,9-10H2,(H,18,20). The van der Waals surface area contributed by atoms with Crippen molar-refractivity contribution < 1.29 is 14.6 Å². The molecule has 112 valence electrons. The fourth-order valence-corrected chi connectivity index (χ4v) is 3.16. The van der Waals surface area contributed by atoms with E-state index >= 15 is 0 Å². The number of hydrogen-bond donors (Lipinski definition) is 2. The van der Waals surface area contributed by atoms with Crippen LogP contribution < -0.4 is 10.1 Å². The lowest BCUT2D eigenvalue weighted by atomic mass is 9.97. The van der Waals surface area contributed by atoms with Gasteiger partial charge in [-0.3, -0.25) is 4.79 Å². The van der Waals surface area contributed by atoms with Gasteiger partial charge in [0.2, 0.25) is 0 Å². The number of hydrogen-bond acceptors (Lipinski definition) is 3. The topological polar surface area (TPSA) is 58.6 Å². The van der Waals surface area contributed by atoms with E-state index < -0.39 is 5.54 Å². The first kappa shape index (κ1) is 14.4. The second-order valence-electron chi connectivity index (χ2n) is 5.74. The van der Waals surface area contributed by atoms with E-state index in [1.807, 2.05) is 0 Å². The first-order valence-electron chi connectivity index (χ1n) is 7.18. The molecule has 3 rings (SSSR count). The Morgan fingerprint density at radius 1 is 1.38 bits per heavy atom. The van der Waals surface area contributed by atoms with E-state index in [1.165, 1.54) is 0 Å². The molecule has 2 N–H and O–H groups in total. The van der Waals surface area contributed by atoms with E-state index in [-0.39, 0.29) is 19.1 Å². The molecule has 0 spiro atoms. The summed E-state index contributed by atoms with van der Waals surface area (Å²) in [5.41, 5.74) is 0.903. The third-order valence-electron chi connectivity index (χ3n) is 4.22. The Labute approximate surface area is 128 Å². The maximum Gasteiger partial charge on any atom is 0.251 e. The van der Waals surface area contributed by atoms with Crippen molar-refractivity contribution in [3.8, 4) is 5.75 Å². The number of rotatable bonds is 3. The first-order chi connectivity index (χ1) is 10.1. The molecule has 0 unspecified atom stereocenters. The van der Waals surface area contributed by atoms with Gasteiger partial charge in [-0.2, -0.15) is 0 Å². The zero-order valence-corrected chi connectivity index (χ0v) is 12.4. The highest BCUT2D eigenvalue weighted by molar-refractivity contribution is 6.30. The lowest BCUT2D eigenvalue weighted by Crippen LogP contribution is -2.50. The molecule has 0 radical (unpaired) electrons. The van der Waals surface area contributed by atoms with Gasteiger partial charge in [-0.25, -0.2) is 0 Å². The number of fused-ring (bicyclic) bond motifs is 1. The molecule has 1 aliphatic heterocycles. The van der Waals surface area contributed by atoms with Gasteiger partial charge in [-0.1, -0.05) is 24.4 Å². The van der Waals surface area contributed by atoms with Gasteiger partial charge in [0.15, 0.2) is 0 Å². The van der Waals surface area contributed by atoms with Crippen molar-refractivity contribution >= 4 is 23.6 Å². The molecule has 0 bridgehead atoms. The van der Waals surface area contributed by atoms with Crippen molar-refractivity contribution in [2.45, 2.75) is 31.2 Å². The zero-order chi connectivity index (χ0) is 14.9. The largest absolute Gasteiger partial charge is 0.488 e. The summed E-state index contributed by atoms with van der Waals surface area (Å²) < 4.78 is 5.59. The first-order valence-corrected chi connectivity index (χ1v) is 7.56. The van der Waals surface area contributed by atoms with E-state index in [1.54, 1.807) is 24.3 Å². The van der Waals surface area contributed by atoms with Crippen LogP contribution in [0.1, 0.15) is 31.2 Å². The average Bonchev–Trinajstić information content (AvgIpc) is 2.95. The van der Waals surface area contributed by atoms with Gasteiger partial charge in [-0.05, 0) is 37.1 Å². The summed E-state index contributed by atoms with van der Waals surface area (Å²) in [5, 5.41) is 13.2. The van der Waals surface area contributed by atoms with Crippen molar-refractivity contribution in [2.24, 2.45) is 0 Å². The molecule has 4 nitrogen and oxygen atoms in total. The van der Waals surface area contributed by atoms with Crippen LogP contribution in [0, 0.1) is 0 Å². The highest BCUT2D eigenvalue weighted by atomic mass is 35.5. The Balaban J connectivity index is 1.79. The molecular formula is C16H18ClNO3. The number of amides is 1. The van der Waals surface area contributed by atoms with Crippen molar-refractivity contribution in [1.29, 1.82) is 0 Å². The number of halogens is 1. The second-order valence-corrected chi connectivity index (χ2v) is 6.18. The molecule has 1 aliphatic carbocycles. The maximum atomic E-state index is 12.4. The summed E-state index contributed by atoms with van der Waals surface area (Å²) in [4.78, 5) is 12.4. The third kappa shape index (κ3) is 2.92. The Morgan fingerprint density at radius 3 is 2.86 bits per heavy atom. The van der Waals surface area contributed by atoms with Crippen LogP contribution in [-0.2, 0) is 4.79 Å². The van der Waals surface area contributed by atoms with Gasteiger partial charge < -0.3 is 15.2 Å². The van der Waals surface area contributed by atoms with E-state index in [2.05, 4.69) is 5.32 Å². The zero-order valence-electron chi connectivity index (χ0n) is 11.7. The summed E-state index contributed by atoms with van der Waals surface area (Å²) in [6.45, 7) is 0.220. The molecule has 2 aliphatic rings. The summed E-state index contributed by atoms with van der Waals surface area (Å²) in [6, 6.07) is 5.34. The van der Waals surface area contributed by atoms with Crippen LogP contribution in [0.15, 0.2) is 23.8 Å². The minimum absolute atomic E-state index is 0.0186. The van der Waals surface area contributed by atoms with Crippen LogP contribution in [0.3, 0.4) is 0 Å². The van der Waals surface area contributed by atoms with Crippen LogP contribution >= 0.6 is 11.6 Å². The van der Waals surface area contributed by atoms with Crippen molar-refractivity contribution in [3.05, 3.63) is 34.4 Å². The van der Waals surface area contributed by atoms with Crippen LogP contribution in [0.2, 0.25) is 5.02 Å². The lowest BCUT2D eigenvalue weighted by molar-refractivity contribution is -0.120. The highest BCUT2D eigenvalue weighted by Crippen LogP contribution is 2.31. The number of carbonyl (C=O) groups is 1. The fourth-order valence-electron chi connectivity index (χ4n) is 2.98. The number of nitrogens with one attached hydrogen (secondary N) is 1. The van der Waals surface area contributed by atoms with Crippen molar-refractivity contribution in [2.75, 3.05) is 13.2 Å². The average molecular weight is 308 g/mol. The predicted octanol–water partition coefficient (Wildman–Crippen LogP) is 2.54. The lowest BCUT2D eigenvalue weighted by Gasteiger charge is -2.29. The van der Waals surface area contributed by atoms with Crippen LogP contribution in [0.25, 0.3) is 6.08 Å². The van der Waals surface area contributed by atoms with Gasteiger partial charge in [0, 0.05) is 10.6 Å². The molecule has 5 heteroatoms. The summed E-state index contributed by atoms with van der Waals surface area (Å²) in [7, 11) is 0. The van der Waals surface area contributed by atoms with E-state index in [4.69, 9.17) is 16.3 Å². The molecular weight excluding hydrogens is 290 g/mol. The molecule has 1 heterocycles. The Kier molecular flexibility index (Phi) is 3.91. The summed E-state index contributed by atoms with van der Waals surface area (Å²) >= 11 is 5.97. The molecule has 1 aromatic carbocycles. The van der Waals surface area contributed by atoms with Gasteiger partial charge in [0.1, 0.15) is 12.4 Å². The van der Waals surface area contributed by atoms with Gasteiger partial charge in [0.25, 0.3) is 5.91 Å². The smallest absolute Gasteiger partial charge is 0.251 e. The molecule has 1 saturated carbocycles. The Morgan fingerprint density at radius 2 is 2.14 bits per heavy atom. The normalized spacial score (nSPS) is 19.4. The van der Waals surface area contributed by atoms with Gasteiger partial charge in [-0.15, -0.1) is 0 Å². The molecule has 1 aromatic rings. The molecule has 21 heavy (non-hydrogen) atoms. The number of aliphatic hydroxyl groups is 1. The third-order valence-corrected chi connectivity index (χ3v) is 4.45. The Hall–Kier alpha value is -1.52. The van der Waals surface area contributed by atoms with Gasteiger partial charge >= 0.3 is 0 Å². The van der Waals surface area contributed by atoms with E-state index in [9.17, 15) is 9.90 Å². The van der Waals surface area contributed by atoms with Crippen LogP contribution in [-0.4, -0.2) is 29.8 Å². The monoisotopic (exact) mass is 307 g/mol. The molecule has 1 fully saturated rings. The molecule has 0 aromatic heterocycles. The van der Waals surface area contributed by atoms with Crippen molar-refractivity contribution in [1.82, 2.24) is 5.32 Å². The van der Waals surface area contributed by atoms with Gasteiger partial charge in [0.05, 0.1) is 17.7 Å². The second kappa shape index (κ2) is 5.70. The summed E-state index contributed by atoms with van der Waals surface area (Å²) in [6.07, 6.45) is 5.53. The van der Waals surface area contributed by atoms with Crippen molar-refractivity contribution in [3.63, 3.8) is 0 Å². The number of carbonyl (C=O) groups excluding carboxylic acids is 1. The minimum atomic E-state index is -0.466. The quantitative estimate of drug-likeness (QED) is 0.902. The highest BCUT2D eigenvalue weighted by Gasteiger charge is 2.35. The SMILES string of the molecule is O=C(NC1(CO)CCCC1)C1=Cc2cc(Cl)ccc2OC1. The van der Waals surface area contributed by atoms with Crippen LogP contribution in [0.5, 0.6) is 5.75 Å². The van der Waals surface area contributed by atoms with E-state index in [0.29, 0.717) is 10.6 Å². The number of ether oxygens (including phenoxy) is 1.